The zero-order valence-electron chi connectivity index (χ0n) is 10.2. The molecule has 0 atom stereocenters. The summed E-state index contributed by atoms with van der Waals surface area (Å²) < 4.78 is 1.47. The highest BCUT2D eigenvalue weighted by Crippen LogP contribution is 2.35. The number of nitrogens with zero attached hydrogens (tertiary/aromatic N) is 2. The first-order valence-electron chi connectivity index (χ1n) is 6.18. The fourth-order valence-electron chi connectivity index (χ4n) is 2.28. The number of hydrogen-bond acceptors (Lipinski definition) is 3. The number of H-pyrrole nitrogens is 1. The Bertz CT molecular complexity index is 682. The van der Waals surface area contributed by atoms with Crippen LogP contribution >= 0.6 is 0 Å². The van der Waals surface area contributed by atoms with Crippen molar-refractivity contribution in [3.63, 3.8) is 0 Å². The number of rotatable bonds is 3. The molecule has 6 heteroatoms. The molecule has 0 saturated heterocycles. The predicted molar refractivity (Wildman–Crippen MR) is 67.7 cm³/mol. The number of aromatic carboxylic acids is 1. The normalized spacial score (nSPS) is 15.2. The monoisotopic (exact) mass is 259 g/mol. The van der Waals surface area contributed by atoms with E-state index in [4.69, 9.17) is 5.11 Å². The van der Waals surface area contributed by atoms with Gasteiger partial charge in [0.2, 0.25) is 0 Å². The van der Waals surface area contributed by atoms with Gasteiger partial charge in [-0.15, -0.1) is 0 Å². The molecule has 0 amide bonds. The molecule has 1 fully saturated rings. The molecule has 19 heavy (non-hydrogen) atoms. The molecule has 1 aromatic carbocycles. The van der Waals surface area contributed by atoms with E-state index in [1.54, 1.807) is 12.1 Å². The lowest BCUT2D eigenvalue weighted by molar-refractivity contribution is 0.0697. The first-order chi connectivity index (χ1) is 9.16. The molecule has 3 rings (SSSR count). The Morgan fingerprint density at radius 1 is 1.42 bits per heavy atom. The number of hydrogen-bond donors (Lipinski definition) is 2. The Balaban J connectivity index is 2.11. The summed E-state index contributed by atoms with van der Waals surface area (Å²) >= 11 is 0. The molecule has 1 aliphatic carbocycles. The topological polar surface area (TPSA) is 88.0 Å². The van der Waals surface area contributed by atoms with E-state index in [9.17, 15) is 9.59 Å². The number of nitrogens with one attached hydrogen (secondary N) is 1. The van der Waals surface area contributed by atoms with Gasteiger partial charge >= 0.3 is 11.7 Å². The maximum absolute atomic E-state index is 11.9. The van der Waals surface area contributed by atoms with Gasteiger partial charge in [-0.05, 0) is 31.0 Å². The first kappa shape index (κ1) is 11.7. The van der Waals surface area contributed by atoms with Gasteiger partial charge in [0.25, 0.3) is 0 Å². The molecule has 1 saturated carbocycles. The Morgan fingerprint density at radius 3 is 2.84 bits per heavy atom. The summed E-state index contributed by atoms with van der Waals surface area (Å²) in [7, 11) is 0. The molecule has 0 aliphatic heterocycles. The van der Waals surface area contributed by atoms with Crippen LogP contribution in [0.5, 0.6) is 0 Å². The maximum Gasteiger partial charge on any atom is 0.347 e. The molecule has 2 aromatic rings. The first-order valence-corrected chi connectivity index (χ1v) is 6.18. The van der Waals surface area contributed by atoms with Crippen molar-refractivity contribution in [2.24, 2.45) is 0 Å². The van der Waals surface area contributed by atoms with E-state index >= 15 is 0 Å². The van der Waals surface area contributed by atoms with Crippen molar-refractivity contribution < 1.29 is 9.90 Å². The van der Waals surface area contributed by atoms with Crippen molar-refractivity contribution in [3.8, 4) is 5.69 Å². The summed E-state index contributed by atoms with van der Waals surface area (Å²) in [5.74, 6) is -0.0326. The second kappa shape index (κ2) is 4.38. The van der Waals surface area contributed by atoms with E-state index in [0.717, 1.165) is 19.3 Å². The van der Waals surface area contributed by atoms with Crippen LogP contribution < -0.4 is 5.69 Å². The minimum absolute atomic E-state index is 0.158. The SMILES string of the molecule is O=C(O)c1cccc(-n2c(C3CCC3)n[nH]c2=O)c1. The molecule has 0 bridgehead atoms. The molecule has 1 heterocycles. The summed E-state index contributed by atoms with van der Waals surface area (Å²) in [6, 6.07) is 6.33. The lowest BCUT2D eigenvalue weighted by atomic mass is 9.85. The average Bonchev–Trinajstić information content (AvgIpc) is 2.69. The zero-order valence-corrected chi connectivity index (χ0v) is 10.2. The quantitative estimate of drug-likeness (QED) is 0.874. The highest BCUT2D eigenvalue weighted by Gasteiger charge is 2.26. The smallest absolute Gasteiger partial charge is 0.347 e. The third-order valence-corrected chi connectivity index (χ3v) is 3.52. The Kier molecular flexibility index (Phi) is 2.70. The van der Waals surface area contributed by atoms with Gasteiger partial charge in [0, 0.05) is 5.92 Å². The maximum atomic E-state index is 11.9. The van der Waals surface area contributed by atoms with Gasteiger partial charge in [-0.1, -0.05) is 12.5 Å². The predicted octanol–water partition coefficient (Wildman–Crippen LogP) is 1.53. The van der Waals surface area contributed by atoms with Gasteiger partial charge in [-0.3, -0.25) is 0 Å². The molecule has 2 N–H and O–H groups in total. The Morgan fingerprint density at radius 2 is 2.21 bits per heavy atom. The number of carbonyl (C=O) groups is 1. The fraction of sp³-hybridized carbons (Fsp3) is 0.308. The molecule has 1 aromatic heterocycles. The van der Waals surface area contributed by atoms with Crippen LogP contribution in [-0.2, 0) is 0 Å². The van der Waals surface area contributed by atoms with Gasteiger partial charge in [0.15, 0.2) is 0 Å². The zero-order chi connectivity index (χ0) is 13.4. The van der Waals surface area contributed by atoms with Crippen LogP contribution in [-0.4, -0.2) is 25.8 Å². The second-order valence-corrected chi connectivity index (χ2v) is 4.71. The van der Waals surface area contributed by atoms with E-state index < -0.39 is 5.97 Å². The Labute approximate surface area is 108 Å². The van der Waals surface area contributed by atoms with E-state index in [1.165, 1.54) is 16.7 Å². The molecule has 0 radical (unpaired) electrons. The lowest BCUT2D eigenvalue weighted by Gasteiger charge is -2.24. The summed E-state index contributed by atoms with van der Waals surface area (Å²) in [6.07, 6.45) is 3.17. The Hall–Kier alpha value is -2.37. The summed E-state index contributed by atoms with van der Waals surface area (Å²) in [5, 5.41) is 15.5. The summed E-state index contributed by atoms with van der Waals surface area (Å²) in [5.41, 5.74) is 0.371. The van der Waals surface area contributed by atoms with Gasteiger partial charge in [0.05, 0.1) is 11.3 Å². The summed E-state index contributed by atoms with van der Waals surface area (Å²) in [4.78, 5) is 22.8. The molecule has 98 valence electrons. The van der Waals surface area contributed by atoms with Gasteiger partial charge < -0.3 is 5.11 Å². The number of carboxylic acids is 1. The average molecular weight is 259 g/mol. The van der Waals surface area contributed by atoms with Crippen LogP contribution in [0.15, 0.2) is 29.1 Å². The van der Waals surface area contributed by atoms with Crippen LogP contribution in [0, 0.1) is 0 Å². The second-order valence-electron chi connectivity index (χ2n) is 4.71. The van der Waals surface area contributed by atoms with E-state index in [1.807, 2.05) is 0 Å². The molecule has 0 spiro atoms. The van der Waals surface area contributed by atoms with Crippen molar-refractivity contribution in [2.45, 2.75) is 25.2 Å². The molecule has 0 unspecified atom stereocenters. The van der Waals surface area contributed by atoms with Gasteiger partial charge in [0.1, 0.15) is 5.82 Å². The number of aromatic amines is 1. The molecule has 6 nitrogen and oxygen atoms in total. The van der Waals surface area contributed by atoms with E-state index in [0.29, 0.717) is 11.5 Å². The van der Waals surface area contributed by atoms with E-state index in [-0.39, 0.29) is 17.2 Å². The van der Waals surface area contributed by atoms with Crippen molar-refractivity contribution in [2.75, 3.05) is 0 Å². The minimum atomic E-state index is -1.01. The number of carboxylic acid groups (broad SMARTS) is 1. The van der Waals surface area contributed by atoms with Crippen LogP contribution in [0.4, 0.5) is 0 Å². The molecule has 1 aliphatic rings. The van der Waals surface area contributed by atoms with Crippen LogP contribution in [0.25, 0.3) is 5.69 Å². The molecular formula is C13H13N3O3. The number of aromatic nitrogens is 3. The van der Waals surface area contributed by atoms with Gasteiger partial charge in [-0.25, -0.2) is 19.3 Å². The highest BCUT2D eigenvalue weighted by molar-refractivity contribution is 5.88. The van der Waals surface area contributed by atoms with Crippen molar-refractivity contribution in [3.05, 3.63) is 46.1 Å². The van der Waals surface area contributed by atoms with Crippen LogP contribution in [0.1, 0.15) is 41.4 Å². The van der Waals surface area contributed by atoms with Crippen molar-refractivity contribution in [1.82, 2.24) is 14.8 Å². The largest absolute Gasteiger partial charge is 0.478 e. The number of benzene rings is 1. The standard InChI is InChI=1S/C13H13N3O3/c17-12(18)9-5-2-6-10(7-9)16-11(8-3-1-4-8)14-15-13(16)19/h2,5-8H,1,3-4H2,(H,15,19)(H,17,18). The van der Waals surface area contributed by atoms with Crippen LogP contribution in [0.3, 0.4) is 0 Å². The van der Waals surface area contributed by atoms with Crippen molar-refractivity contribution >= 4 is 5.97 Å². The van der Waals surface area contributed by atoms with Gasteiger partial charge in [-0.2, -0.15) is 5.10 Å². The lowest BCUT2D eigenvalue weighted by Crippen LogP contribution is -2.21. The summed E-state index contributed by atoms with van der Waals surface area (Å²) in [6.45, 7) is 0. The third kappa shape index (κ3) is 1.95. The highest BCUT2D eigenvalue weighted by atomic mass is 16.4. The van der Waals surface area contributed by atoms with E-state index in [2.05, 4.69) is 10.2 Å². The third-order valence-electron chi connectivity index (χ3n) is 3.52. The van der Waals surface area contributed by atoms with Crippen molar-refractivity contribution in [1.29, 1.82) is 0 Å². The van der Waals surface area contributed by atoms with Crippen LogP contribution in [0.2, 0.25) is 0 Å². The molecular weight excluding hydrogens is 246 g/mol. The fourth-order valence-corrected chi connectivity index (χ4v) is 2.28. The minimum Gasteiger partial charge on any atom is -0.478 e.